The number of esters is 1. The molecule has 12 heteroatoms. The predicted molar refractivity (Wildman–Crippen MR) is 149 cm³/mol. The van der Waals surface area contributed by atoms with Crippen molar-refractivity contribution in [3.05, 3.63) is 27.7 Å². The van der Waals surface area contributed by atoms with E-state index in [1.165, 1.54) is 10.0 Å². The van der Waals surface area contributed by atoms with Gasteiger partial charge in [-0.25, -0.2) is 5.01 Å². The van der Waals surface area contributed by atoms with Crippen molar-refractivity contribution in [2.24, 2.45) is 5.92 Å². The molecule has 38 heavy (non-hydrogen) atoms. The molecule has 1 aromatic rings. The van der Waals surface area contributed by atoms with E-state index in [1.54, 1.807) is 19.1 Å². The fourth-order valence-electron chi connectivity index (χ4n) is 3.90. The normalized spacial score (nSPS) is 18.0. The zero-order valence-electron chi connectivity index (χ0n) is 23.1. The van der Waals surface area contributed by atoms with Gasteiger partial charge in [0.2, 0.25) is 5.91 Å². The number of carbonyl (C=O) groups excluding carboxylic acids is 2. The second-order valence-corrected chi connectivity index (χ2v) is 17.8. The van der Waals surface area contributed by atoms with Crippen LogP contribution in [-0.2, 0) is 30.4 Å². The Hall–Kier alpha value is -1.85. The third-order valence-electron chi connectivity index (χ3n) is 6.24. The molecule has 2 rings (SSSR count). The summed E-state index contributed by atoms with van der Waals surface area (Å²) in [6.45, 7) is 13.2. The summed E-state index contributed by atoms with van der Waals surface area (Å²) in [4.78, 5) is 37.8. The minimum Gasteiger partial charge on any atom is -0.480 e. The molecular formula is C26H40Cl2N2O7Si. The smallest absolute Gasteiger partial charge is 0.325 e. The number of hydrogen-bond donors (Lipinski definition) is 1. The van der Waals surface area contributed by atoms with Crippen molar-refractivity contribution in [1.82, 2.24) is 10.0 Å². The van der Waals surface area contributed by atoms with E-state index < -0.39 is 37.9 Å². The fourth-order valence-corrected chi connectivity index (χ4v) is 5.24. The Balaban J connectivity index is 2.22. The number of carbonyl (C=O) groups is 3. The summed E-state index contributed by atoms with van der Waals surface area (Å²) in [5.41, 5.74) is -0.920. The zero-order valence-corrected chi connectivity index (χ0v) is 25.7. The minimum absolute atomic E-state index is 0.0460. The summed E-state index contributed by atoms with van der Waals surface area (Å²) >= 11 is 13.1. The van der Waals surface area contributed by atoms with Crippen molar-refractivity contribution >= 4 is 49.1 Å². The maximum absolute atomic E-state index is 13.3. The third kappa shape index (κ3) is 9.41. The molecule has 0 radical (unpaired) electrons. The van der Waals surface area contributed by atoms with E-state index in [4.69, 9.17) is 37.4 Å². The number of hydrogen-bond acceptors (Lipinski definition) is 7. The fraction of sp³-hybridized carbons (Fsp3) is 0.654. The highest BCUT2D eigenvalue weighted by molar-refractivity contribution is 6.76. The van der Waals surface area contributed by atoms with Crippen molar-refractivity contribution in [2.45, 2.75) is 77.8 Å². The minimum atomic E-state index is -1.33. The average Bonchev–Trinajstić information content (AvgIpc) is 3.19. The van der Waals surface area contributed by atoms with E-state index in [2.05, 4.69) is 19.6 Å². The highest BCUT2D eigenvalue weighted by Crippen LogP contribution is 2.36. The summed E-state index contributed by atoms with van der Waals surface area (Å²) in [6, 6.07) is 4.16. The van der Waals surface area contributed by atoms with Crippen LogP contribution in [0.4, 0.5) is 0 Å². The quantitative estimate of drug-likeness (QED) is 0.100. The zero-order chi connectivity index (χ0) is 28.7. The molecule has 1 N–H and O–H groups in total. The van der Waals surface area contributed by atoms with Crippen LogP contribution in [0, 0.1) is 5.92 Å². The number of carboxylic acid groups (broad SMARTS) is 1. The Morgan fingerprint density at radius 1 is 1.18 bits per heavy atom. The van der Waals surface area contributed by atoms with Gasteiger partial charge in [-0.1, -0.05) is 56.7 Å². The van der Waals surface area contributed by atoms with E-state index in [1.807, 2.05) is 13.8 Å². The van der Waals surface area contributed by atoms with Gasteiger partial charge in [-0.3, -0.25) is 19.4 Å². The standard InChI is InChI=1S/C26H40Cl2N2O7Si/c1-18(2)16-36-24(32)14-23(31)29(30-9-7-8-26(30,3)25(33)34)15-20-21(27)12-19(13-22(20)28)37-17-35-10-11-38(4,5)6/h12-13,18H,7-11,14-17H2,1-6H3,(H,33,34)/t26-/m1/s1. The number of amides is 1. The molecule has 1 saturated heterocycles. The Morgan fingerprint density at radius 3 is 2.37 bits per heavy atom. The molecule has 1 aromatic carbocycles. The van der Waals surface area contributed by atoms with Crippen LogP contribution in [0.25, 0.3) is 0 Å². The Morgan fingerprint density at radius 2 is 1.82 bits per heavy atom. The Kier molecular flexibility index (Phi) is 11.9. The molecule has 1 atom stereocenters. The van der Waals surface area contributed by atoms with Gasteiger partial charge in [0, 0.05) is 26.8 Å². The van der Waals surface area contributed by atoms with Crippen LogP contribution < -0.4 is 4.74 Å². The maximum atomic E-state index is 13.3. The van der Waals surface area contributed by atoms with Crippen LogP contribution in [0.5, 0.6) is 5.75 Å². The van der Waals surface area contributed by atoms with Crippen LogP contribution in [0.3, 0.4) is 0 Å². The summed E-state index contributed by atoms with van der Waals surface area (Å²) in [6.07, 6.45) is 0.371. The first-order valence-electron chi connectivity index (χ1n) is 12.8. The third-order valence-corrected chi connectivity index (χ3v) is 8.62. The molecular weight excluding hydrogens is 551 g/mol. The maximum Gasteiger partial charge on any atom is 0.325 e. The molecule has 0 saturated carbocycles. The largest absolute Gasteiger partial charge is 0.480 e. The number of aliphatic carboxylic acids is 1. The van der Waals surface area contributed by atoms with Gasteiger partial charge in [0.15, 0.2) is 6.79 Å². The van der Waals surface area contributed by atoms with Crippen LogP contribution in [0.1, 0.15) is 45.6 Å². The summed E-state index contributed by atoms with van der Waals surface area (Å²) in [7, 11) is -1.21. The summed E-state index contributed by atoms with van der Waals surface area (Å²) in [5.74, 6) is -1.83. The lowest BCUT2D eigenvalue weighted by Crippen LogP contribution is -2.58. The first-order chi connectivity index (χ1) is 17.6. The van der Waals surface area contributed by atoms with Crippen LogP contribution in [-0.4, -0.2) is 73.1 Å². The number of nitrogens with zero attached hydrogens (tertiary/aromatic N) is 2. The van der Waals surface area contributed by atoms with Gasteiger partial charge in [-0.05, 0) is 43.9 Å². The Labute approximate surface area is 236 Å². The van der Waals surface area contributed by atoms with E-state index in [-0.39, 0.29) is 35.9 Å². The highest BCUT2D eigenvalue weighted by atomic mass is 35.5. The molecule has 1 aliphatic heterocycles. The van der Waals surface area contributed by atoms with E-state index in [9.17, 15) is 19.5 Å². The van der Waals surface area contributed by atoms with Gasteiger partial charge in [0.25, 0.3) is 0 Å². The lowest BCUT2D eigenvalue weighted by molar-refractivity contribution is -0.175. The molecule has 0 aliphatic carbocycles. The highest BCUT2D eigenvalue weighted by Gasteiger charge is 2.48. The molecule has 9 nitrogen and oxygen atoms in total. The Bertz CT molecular complexity index is 979. The summed E-state index contributed by atoms with van der Waals surface area (Å²) in [5, 5.41) is 13.1. The molecule has 1 heterocycles. The molecule has 0 unspecified atom stereocenters. The van der Waals surface area contributed by atoms with Crippen molar-refractivity contribution in [3.8, 4) is 5.75 Å². The SMILES string of the molecule is CC(C)COC(=O)CC(=O)N(Cc1c(Cl)cc(OCOCC[Si](C)(C)C)cc1Cl)N1CCC[C@]1(C)C(=O)O. The first-order valence-corrected chi connectivity index (χ1v) is 17.3. The van der Waals surface area contributed by atoms with Crippen molar-refractivity contribution in [2.75, 3.05) is 26.6 Å². The number of benzene rings is 1. The lowest BCUT2D eigenvalue weighted by Gasteiger charge is -2.40. The van der Waals surface area contributed by atoms with E-state index >= 15 is 0 Å². The van der Waals surface area contributed by atoms with Gasteiger partial charge in [0.05, 0.1) is 23.2 Å². The molecule has 0 aromatic heterocycles. The first kappa shape index (κ1) is 32.4. The lowest BCUT2D eigenvalue weighted by atomic mass is 10.0. The van der Waals surface area contributed by atoms with Gasteiger partial charge in [-0.2, -0.15) is 0 Å². The second-order valence-electron chi connectivity index (χ2n) is 11.4. The topological polar surface area (TPSA) is 106 Å². The number of rotatable bonds is 14. The monoisotopic (exact) mass is 590 g/mol. The van der Waals surface area contributed by atoms with Gasteiger partial charge in [0.1, 0.15) is 17.7 Å². The van der Waals surface area contributed by atoms with Gasteiger partial charge in [-0.15, -0.1) is 0 Å². The van der Waals surface area contributed by atoms with E-state index in [0.717, 1.165) is 6.04 Å². The number of carboxylic acids is 1. The molecule has 214 valence electrons. The van der Waals surface area contributed by atoms with Crippen LogP contribution >= 0.6 is 23.2 Å². The second kappa shape index (κ2) is 14.0. The van der Waals surface area contributed by atoms with Gasteiger partial charge < -0.3 is 19.3 Å². The molecule has 0 bridgehead atoms. The van der Waals surface area contributed by atoms with Crippen LogP contribution in [0.2, 0.25) is 35.7 Å². The van der Waals surface area contributed by atoms with E-state index in [0.29, 0.717) is 37.3 Å². The molecule has 1 fully saturated rings. The van der Waals surface area contributed by atoms with Gasteiger partial charge >= 0.3 is 11.9 Å². The number of ether oxygens (including phenoxy) is 3. The van der Waals surface area contributed by atoms with Crippen LogP contribution in [0.15, 0.2) is 12.1 Å². The molecule has 1 amide bonds. The number of hydrazine groups is 1. The number of halogens is 2. The molecule has 0 spiro atoms. The van der Waals surface area contributed by atoms with Crippen molar-refractivity contribution < 1.29 is 33.7 Å². The van der Waals surface area contributed by atoms with Crippen molar-refractivity contribution in [3.63, 3.8) is 0 Å². The molecule has 1 aliphatic rings. The van der Waals surface area contributed by atoms with Crippen molar-refractivity contribution in [1.29, 1.82) is 0 Å². The predicted octanol–water partition coefficient (Wildman–Crippen LogP) is 5.46. The average molecular weight is 592 g/mol. The summed E-state index contributed by atoms with van der Waals surface area (Å²) < 4.78 is 16.4.